The average Bonchev–Trinajstić information content (AvgIpc) is 2.85. The number of methoxy groups -OCH3 is 2. The van der Waals surface area contributed by atoms with Gasteiger partial charge in [-0.25, -0.2) is 0 Å². The van der Waals surface area contributed by atoms with Crippen LogP contribution in [0.1, 0.15) is 29.8 Å². The van der Waals surface area contributed by atoms with Gasteiger partial charge in [-0.15, -0.1) is 0 Å². The molecule has 2 heterocycles. The minimum absolute atomic E-state index is 0.0698. The third-order valence-corrected chi connectivity index (χ3v) is 6.27. The summed E-state index contributed by atoms with van der Waals surface area (Å²) in [5.74, 6) is 0.151. The number of carbonyl (C=O) groups excluding carboxylic acids is 2. The highest BCUT2D eigenvalue weighted by Gasteiger charge is 2.28. The van der Waals surface area contributed by atoms with Gasteiger partial charge in [0.25, 0.3) is 5.91 Å². The molecular formula is C26H36N4O5. The summed E-state index contributed by atoms with van der Waals surface area (Å²) < 4.78 is 16.9. The van der Waals surface area contributed by atoms with E-state index in [2.05, 4.69) is 29.0 Å². The fourth-order valence-corrected chi connectivity index (χ4v) is 4.20. The van der Waals surface area contributed by atoms with Gasteiger partial charge in [0.05, 0.1) is 11.7 Å². The maximum Gasteiger partial charge on any atom is 0.257 e. The third kappa shape index (κ3) is 7.24. The lowest BCUT2D eigenvalue weighted by atomic mass is 10.0. The Bertz CT molecular complexity index is 987. The third-order valence-electron chi connectivity index (χ3n) is 6.27. The molecule has 0 aliphatic carbocycles. The van der Waals surface area contributed by atoms with Crippen molar-refractivity contribution in [3.05, 3.63) is 53.9 Å². The van der Waals surface area contributed by atoms with Crippen molar-refractivity contribution in [1.82, 2.24) is 14.8 Å². The van der Waals surface area contributed by atoms with E-state index in [4.69, 9.17) is 14.2 Å². The number of anilines is 1. The molecule has 9 heteroatoms. The van der Waals surface area contributed by atoms with Crippen LogP contribution in [0.2, 0.25) is 0 Å². The van der Waals surface area contributed by atoms with E-state index >= 15 is 0 Å². The van der Waals surface area contributed by atoms with Crippen molar-refractivity contribution < 1.29 is 23.8 Å². The van der Waals surface area contributed by atoms with Crippen LogP contribution in [0.5, 0.6) is 5.75 Å². The van der Waals surface area contributed by atoms with E-state index < -0.39 is 0 Å². The second-order valence-electron chi connectivity index (χ2n) is 9.07. The van der Waals surface area contributed by atoms with Crippen LogP contribution >= 0.6 is 0 Å². The number of fused-ring (bicyclic) bond motifs is 1. The van der Waals surface area contributed by atoms with E-state index in [0.29, 0.717) is 30.2 Å². The van der Waals surface area contributed by atoms with Crippen LogP contribution in [0, 0.1) is 5.92 Å². The Balaban J connectivity index is 1.92. The van der Waals surface area contributed by atoms with Crippen LogP contribution in [0.4, 0.5) is 5.69 Å². The molecule has 2 aromatic rings. The molecule has 0 radical (unpaired) electrons. The SMILES string of the molecule is COCC(=O)Nc1ccc2c(c1)C(=O)N(C)C[C@H](OC)[C@H](C)CN(Cc1ccncc1)[C@@H](C)CO2. The van der Waals surface area contributed by atoms with Gasteiger partial charge in [0.2, 0.25) is 5.91 Å². The quantitative estimate of drug-likeness (QED) is 0.674. The highest BCUT2D eigenvalue weighted by atomic mass is 16.5. The monoisotopic (exact) mass is 484 g/mol. The molecule has 190 valence electrons. The lowest BCUT2D eigenvalue weighted by Crippen LogP contribution is -2.46. The predicted molar refractivity (Wildman–Crippen MR) is 133 cm³/mol. The number of hydrogen-bond acceptors (Lipinski definition) is 7. The van der Waals surface area contributed by atoms with Crippen molar-refractivity contribution in [3.63, 3.8) is 0 Å². The number of benzene rings is 1. The summed E-state index contributed by atoms with van der Waals surface area (Å²) in [6.45, 7) is 6.55. The molecule has 1 aliphatic rings. The second-order valence-corrected chi connectivity index (χ2v) is 9.07. The predicted octanol–water partition coefficient (Wildman–Crippen LogP) is 2.67. The van der Waals surface area contributed by atoms with Gasteiger partial charge in [0, 0.05) is 65.0 Å². The zero-order valence-corrected chi connectivity index (χ0v) is 21.2. The van der Waals surface area contributed by atoms with Gasteiger partial charge in [-0.1, -0.05) is 6.92 Å². The summed E-state index contributed by atoms with van der Waals surface area (Å²) in [7, 11) is 4.89. The van der Waals surface area contributed by atoms with Gasteiger partial charge in [-0.3, -0.25) is 19.5 Å². The number of rotatable bonds is 6. The van der Waals surface area contributed by atoms with Gasteiger partial charge in [-0.05, 0) is 48.7 Å². The number of pyridine rings is 1. The number of likely N-dealkylation sites (N-methyl/N-ethyl adjacent to an activating group) is 1. The van der Waals surface area contributed by atoms with Gasteiger partial charge in [-0.2, -0.15) is 0 Å². The van der Waals surface area contributed by atoms with Crippen molar-refractivity contribution in [2.24, 2.45) is 5.92 Å². The Morgan fingerprint density at radius 1 is 1.17 bits per heavy atom. The number of hydrogen-bond donors (Lipinski definition) is 1. The summed E-state index contributed by atoms with van der Waals surface area (Å²) in [6.07, 6.45) is 3.45. The summed E-state index contributed by atoms with van der Waals surface area (Å²) in [6, 6.07) is 9.21. The maximum atomic E-state index is 13.4. The molecule has 9 nitrogen and oxygen atoms in total. The van der Waals surface area contributed by atoms with Gasteiger partial charge in [0.15, 0.2) is 0 Å². The molecule has 2 amide bonds. The molecule has 3 rings (SSSR count). The van der Waals surface area contributed by atoms with Crippen LogP contribution in [-0.4, -0.2) is 86.3 Å². The molecule has 0 bridgehead atoms. The molecule has 3 atom stereocenters. The van der Waals surface area contributed by atoms with Crippen molar-refractivity contribution in [2.45, 2.75) is 32.5 Å². The molecular weight excluding hydrogens is 448 g/mol. The smallest absolute Gasteiger partial charge is 0.257 e. The minimum atomic E-state index is -0.295. The summed E-state index contributed by atoms with van der Waals surface area (Å²) >= 11 is 0. The molecule has 0 saturated heterocycles. The normalized spacial score (nSPS) is 21.9. The van der Waals surface area contributed by atoms with E-state index in [-0.39, 0.29) is 36.5 Å². The highest BCUT2D eigenvalue weighted by Crippen LogP contribution is 2.26. The second kappa shape index (κ2) is 12.6. The first-order chi connectivity index (χ1) is 16.8. The van der Waals surface area contributed by atoms with Gasteiger partial charge < -0.3 is 24.4 Å². The number of ether oxygens (including phenoxy) is 3. The molecule has 0 spiro atoms. The van der Waals surface area contributed by atoms with Crippen LogP contribution < -0.4 is 10.1 Å². The lowest BCUT2D eigenvalue weighted by Gasteiger charge is -2.36. The first kappa shape index (κ1) is 26.6. The molecule has 0 unspecified atom stereocenters. The first-order valence-electron chi connectivity index (χ1n) is 11.8. The number of carbonyl (C=O) groups is 2. The molecule has 1 aromatic heterocycles. The average molecular weight is 485 g/mol. The number of aromatic nitrogens is 1. The molecule has 0 fully saturated rings. The largest absolute Gasteiger partial charge is 0.491 e. The van der Waals surface area contributed by atoms with Gasteiger partial charge in [0.1, 0.15) is 19.0 Å². The molecule has 1 N–H and O–H groups in total. The molecule has 0 saturated carbocycles. The molecule has 1 aromatic carbocycles. The summed E-state index contributed by atoms with van der Waals surface area (Å²) in [5.41, 5.74) is 2.06. The Morgan fingerprint density at radius 2 is 1.91 bits per heavy atom. The molecule has 1 aliphatic heterocycles. The van der Waals surface area contributed by atoms with Crippen LogP contribution in [0.15, 0.2) is 42.7 Å². The van der Waals surface area contributed by atoms with E-state index in [0.717, 1.165) is 13.1 Å². The summed E-state index contributed by atoms with van der Waals surface area (Å²) in [5, 5.41) is 2.76. The van der Waals surface area contributed by atoms with Crippen molar-refractivity contribution in [2.75, 3.05) is 52.9 Å². The number of nitrogens with one attached hydrogen (secondary N) is 1. The van der Waals surface area contributed by atoms with E-state index in [1.807, 2.05) is 12.1 Å². The fraction of sp³-hybridized carbons (Fsp3) is 0.500. The Kier molecular flexibility index (Phi) is 9.59. The Hall–Kier alpha value is -3.01. The lowest BCUT2D eigenvalue weighted by molar-refractivity contribution is -0.119. The van der Waals surface area contributed by atoms with Crippen LogP contribution in [-0.2, 0) is 20.8 Å². The topological polar surface area (TPSA) is 93.2 Å². The number of nitrogens with zero attached hydrogens (tertiary/aromatic N) is 3. The van der Waals surface area contributed by atoms with Crippen LogP contribution in [0.25, 0.3) is 0 Å². The van der Waals surface area contributed by atoms with E-state index in [1.165, 1.54) is 12.7 Å². The number of amides is 2. The highest BCUT2D eigenvalue weighted by molar-refractivity contribution is 5.99. The first-order valence-corrected chi connectivity index (χ1v) is 11.8. The maximum absolute atomic E-state index is 13.4. The Morgan fingerprint density at radius 3 is 2.60 bits per heavy atom. The van der Waals surface area contributed by atoms with E-state index in [1.54, 1.807) is 49.7 Å². The summed E-state index contributed by atoms with van der Waals surface area (Å²) in [4.78, 5) is 33.5. The van der Waals surface area contributed by atoms with E-state index in [9.17, 15) is 9.59 Å². The standard InChI is InChI=1S/C26H36N4O5/c1-18-13-30(14-20-8-10-27-11-9-20)19(2)16-35-23-7-6-21(28-25(31)17-33-4)12-22(23)26(32)29(3)15-24(18)34-5/h6-12,18-19,24H,13-17H2,1-5H3,(H,28,31)/t18-,19+,24+/m1/s1. The van der Waals surface area contributed by atoms with Gasteiger partial charge >= 0.3 is 0 Å². The van der Waals surface area contributed by atoms with Crippen molar-refractivity contribution in [1.29, 1.82) is 0 Å². The zero-order valence-electron chi connectivity index (χ0n) is 21.2. The zero-order chi connectivity index (χ0) is 25.4. The van der Waals surface area contributed by atoms with Crippen molar-refractivity contribution >= 4 is 17.5 Å². The fourth-order valence-electron chi connectivity index (χ4n) is 4.20. The van der Waals surface area contributed by atoms with Crippen molar-refractivity contribution in [3.8, 4) is 5.75 Å². The Labute approximate surface area is 207 Å². The molecule has 35 heavy (non-hydrogen) atoms. The minimum Gasteiger partial charge on any atom is -0.491 e. The van der Waals surface area contributed by atoms with Crippen LogP contribution in [0.3, 0.4) is 0 Å².